The van der Waals surface area contributed by atoms with Gasteiger partial charge in [0.05, 0.1) is 23.3 Å². The fraction of sp³-hybridized carbons (Fsp3) is 0.0714. The standard InChI is InChI=1S/C14H8F3NO.C7H6BNO2.C7H4BrF3O/c15-14(16,17)19-13-6-4-11(5-7-13)12-3-1-2-10(8-12)9-18;9-5-6-2-1-3-7(4-6)8(10)11;8-5-1-3-6(4-2-5)12-7(9,10)11/h1-8H;1-4,10-11H;1-4H. The van der Waals surface area contributed by atoms with Crippen LogP contribution in [0.1, 0.15) is 11.1 Å². The molecule has 42 heavy (non-hydrogen) atoms. The monoisotopic (exact) mass is 650 g/mol. The molecule has 4 aromatic carbocycles. The van der Waals surface area contributed by atoms with E-state index in [0.717, 1.165) is 5.56 Å². The molecule has 216 valence electrons. The van der Waals surface area contributed by atoms with E-state index in [0.29, 0.717) is 26.6 Å². The Morgan fingerprint density at radius 2 is 1.07 bits per heavy atom. The number of nitriles is 2. The van der Waals surface area contributed by atoms with Crippen LogP contribution >= 0.6 is 15.9 Å². The number of ether oxygens (including phenoxy) is 2. The van der Waals surface area contributed by atoms with Crippen LogP contribution < -0.4 is 14.9 Å². The van der Waals surface area contributed by atoms with Gasteiger partial charge in [-0.2, -0.15) is 10.5 Å². The van der Waals surface area contributed by atoms with E-state index in [1.54, 1.807) is 42.5 Å². The van der Waals surface area contributed by atoms with Crippen molar-refractivity contribution in [3.63, 3.8) is 0 Å². The predicted octanol–water partition coefficient (Wildman–Crippen LogP) is 6.71. The summed E-state index contributed by atoms with van der Waals surface area (Å²) in [6.07, 6.45) is -9.31. The van der Waals surface area contributed by atoms with Crippen LogP contribution in [0.25, 0.3) is 11.1 Å². The maximum Gasteiger partial charge on any atom is 0.573 e. The second kappa shape index (κ2) is 15.5. The molecule has 0 amide bonds. The molecule has 0 radical (unpaired) electrons. The molecule has 14 heteroatoms. The van der Waals surface area contributed by atoms with Crippen molar-refractivity contribution >= 4 is 28.5 Å². The number of nitrogens with zero attached hydrogens (tertiary/aromatic N) is 2. The molecule has 2 N–H and O–H groups in total. The van der Waals surface area contributed by atoms with Gasteiger partial charge < -0.3 is 19.5 Å². The third-order valence-corrected chi connectivity index (χ3v) is 5.30. The van der Waals surface area contributed by atoms with Crippen LogP contribution in [-0.4, -0.2) is 29.9 Å². The van der Waals surface area contributed by atoms with Gasteiger partial charge in [0.25, 0.3) is 0 Å². The molecule has 0 aromatic heterocycles. The van der Waals surface area contributed by atoms with E-state index in [1.807, 2.05) is 12.1 Å². The molecule has 0 fully saturated rings. The van der Waals surface area contributed by atoms with E-state index in [9.17, 15) is 26.3 Å². The molecule has 0 aliphatic rings. The fourth-order valence-electron chi connectivity index (χ4n) is 3.02. The first-order valence-corrected chi connectivity index (χ1v) is 12.2. The van der Waals surface area contributed by atoms with Crippen molar-refractivity contribution in [1.82, 2.24) is 0 Å². The van der Waals surface area contributed by atoms with Gasteiger partial charge in [0.1, 0.15) is 11.5 Å². The number of hydrogen-bond acceptors (Lipinski definition) is 6. The summed E-state index contributed by atoms with van der Waals surface area (Å²) in [5.74, 6) is -0.488. The fourth-order valence-corrected chi connectivity index (χ4v) is 3.29. The largest absolute Gasteiger partial charge is 0.573 e. The minimum Gasteiger partial charge on any atom is -0.423 e. The minimum atomic E-state index is -4.69. The average Bonchev–Trinajstić information content (AvgIpc) is 2.94. The quantitative estimate of drug-likeness (QED) is 0.188. The van der Waals surface area contributed by atoms with E-state index in [2.05, 4.69) is 25.4 Å². The highest BCUT2D eigenvalue weighted by Crippen LogP contribution is 2.27. The van der Waals surface area contributed by atoms with Crippen molar-refractivity contribution in [2.24, 2.45) is 0 Å². The van der Waals surface area contributed by atoms with E-state index in [4.69, 9.17) is 20.6 Å². The lowest BCUT2D eigenvalue weighted by molar-refractivity contribution is -0.275. The average molecular weight is 651 g/mol. The Morgan fingerprint density at radius 1 is 0.619 bits per heavy atom. The van der Waals surface area contributed by atoms with Gasteiger partial charge in [-0.1, -0.05) is 52.3 Å². The van der Waals surface area contributed by atoms with Gasteiger partial charge in [-0.05, 0) is 77.3 Å². The highest BCUT2D eigenvalue weighted by atomic mass is 79.9. The van der Waals surface area contributed by atoms with Crippen molar-refractivity contribution in [3.05, 3.63) is 113 Å². The molecule has 6 nitrogen and oxygen atoms in total. The van der Waals surface area contributed by atoms with E-state index in [1.165, 1.54) is 54.6 Å². The second-order valence-corrected chi connectivity index (χ2v) is 8.79. The third kappa shape index (κ3) is 12.8. The Labute approximate surface area is 244 Å². The molecule has 4 aromatic rings. The number of alkyl halides is 6. The van der Waals surface area contributed by atoms with Gasteiger partial charge in [0.2, 0.25) is 0 Å². The Hall–Kier alpha value is -4.50. The lowest BCUT2D eigenvalue weighted by Gasteiger charge is -2.09. The first-order valence-electron chi connectivity index (χ1n) is 11.4. The van der Waals surface area contributed by atoms with E-state index in [-0.39, 0.29) is 11.5 Å². The summed E-state index contributed by atoms with van der Waals surface area (Å²) >= 11 is 3.09. The predicted molar refractivity (Wildman–Crippen MR) is 145 cm³/mol. The SMILES string of the molecule is FC(F)(F)Oc1ccc(Br)cc1.N#Cc1cccc(-c2ccc(OC(F)(F)F)cc2)c1.N#Cc1cccc(B(O)O)c1. The summed E-state index contributed by atoms with van der Waals surface area (Å²) in [4.78, 5) is 0. The molecule has 0 unspecified atom stereocenters. The highest BCUT2D eigenvalue weighted by Gasteiger charge is 2.31. The maximum absolute atomic E-state index is 12.0. The molecular formula is C28H18BBrF6N2O4. The van der Waals surface area contributed by atoms with Crippen LogP contribution in [0.4, 0.5) is 26.3 Å². The van der Waals surface area contributed by atoms with Gasteiger partial charge in [0, 0.05) is 4.47 Å². The molecule has 0 atom stereocenters. The minimum absolute atomic E-state index is 0.217. The molecule has 0 saturated heterocycles. The van der Waals surface area contributed by atoms with Crippen molar-refractivity contribution in [2.75, 3.05) is 0 Å². The zero-order valence-electron chi connectivity index (χ0n) is 21.1. The normalized spacial score (nSPS) is 10.5. The van der Waals surface area contributed by atoms with Crippen LogP contribution in [0.2, 0.25) is 0 Å². The summed E-state index contributed by atoms with van der Waals surface area (Å²) in [7, 11) is -1.50. The van der Waals surface area contributed by atoms with Crippen LogP contribution in [0.15, 0.2) is 102 Å². The molecule has 0 spiro atoms. The molecule has 0 aliphatic carbocycles. The Balaban J connectivity index is 0.000000233. The van der Waals surface area contributed by atoms with Gasteiger partial charge in [-0.15, -0.1) is 26.3 Å². The van der Waals surface area contributed by atoms with E-state index >= 15 is 0 Å². The van der Waals surface area contributed by atoms with Crippen molar-refractivity contribution < 1.29 is 45.9 Å². The summed E-state index contributed by atoms with van der Waals surface area (Å²) in [6, 6.07) is 27.8. The van der Waals surface area contributed by atoms with Crippen molar-refractivity contribution in [1.29, 1.82) is 10.5 Å². The zero-order chi connectivity index (χ0) is 31.3. The topological polar surface area (TPSA) is 106 Å². The maximum atomic E-state index is 12.0. The van der Waals surface area contributed by atoms with Gasteiger partial charge >= 0.3 is 19.8 Å². The summed E-state index contributed by atoms with van der Waals surface area (Å²) in [6.45, 7) is 0. The molecular weight excluding hydrogens is 633 g/mol. The van der Waals surface area contributed by atoms with Gasteiger partial charge in [0.15, 0.2) is 0 Å². The van der Waals surface area contributed by atoms with Crippen LogP contribution in [0.5, 0.6) is 11.5 Å². The molecule has 0 bridgehead atoms. The van der Waals surface area contributed by atoms with Crippen LogP contribution in [0.3, 0.4) is 0 Å². The van der Waals surface area contributed by atoms with Crippen LogP contribution in [-0.2, 0) is 0 Å². The van der Waals surface area contributed by atoms with Crippen LogP contribution in [0, 0.1) is 22.7 Å². The third-order valence-electron chi connectivity index (χ3n) is 4.77. The molecule has 0 heterocycles. The Morgan fingerprint density at radius 3 is 1.52 bits per heavy atom. The van der Waals surface area contributed by atoms with Crippen molar-refractivity contribution in [3.8, 4) is 34.8 Å². The smallest absolute Gasteiger partial charge is 0.423 e. The van der Waals surface area contributed by atoms with Gasteiger partial charge in [-0.3, -0.25) is 0 Å². The lowest BCUT2D eigenvalue weighted by atomic mass is 9.80. The van der Waals surface area contributed by atoms with Crippen molar-refractivity contribution in [2.45, 2.75) is 12.7 Å². The lowest BCUT2D eigenvalue weighted by Crippen LogP contribution is -2.29. The number of hydrogen-bond donors (Lipinski definition) is 2. The number of benzene rings is 4. The number of rotatable bonds is 4. The molecule has 0 aliphatic heterocycles. The summed E-state index contributed by atoms with van der Waals surface area (Å²) in [5.41, 5.74) is 2.73. The van der Waals surface area contributed by atoms with Gasteiger partial charge in [-0.25, -0.2) is 0 Å². The Bertz CT molecular complexity index is 1520. The second-order valence-electron chi connectivity index (χ2n) is 7.88. The summed E-state index contributed by atoms with van der Waals surface area (Å²) < 4.78 is 79.0. The number of halogens is 7. The summed E-state index contributed by atoms with van der Waals surface area (Å²) in [5, 5.41) is 34.6. The zero-order valence-corrected chi connectivity index (χ0v) is 22.7. The first kappa shape index (κ1) is 33.7. The molecule has 0 saturated carbocycles. The van der Waals surface area contributed by atoms with E-state index < -0.39 is 19.8 Å². The Kier molecular flexibility index (Phi) is 12.4. The molecule has 4 rings (SSSR count). The highest BCUT2D eigenvalue weighted by molar-refractivity contribution is 9.10. The first-order chi connectivity index (χ1) is 19.7.